The van der Waals surface area contributed by atoms with Crippen molar-refractivity contribution >= 4 is 67.4 Å². The molecule has 2 aromatic heterocycles. The largest absolute Gasteiger partial charge is 0.460 e. The smallest absolute Gasteiger partial charge is 0.137 e. The molecule has 0 amide bonds. The molecule has 4 nitrogen and oxygen atoms in total. The second-order valence-electron chi connectivity index (χ2n) is 16.9. The van der Waals surface area contributed by atoms with E-state index in [0.29, 0.717) is 5.92 Å². The lowest BCUT2D eigenvalue weighted by Gasteiger charge is -2.28. The van der Waals surface area contributed by atoms with Crippen molar-refractivity contribution in [1.29, 1.82) is 0 Å². The fraction of sp³-hybridized carbons (Fsp3) is 0.140. The predicted octanol–water partition coefficient (Wildman–Crippen LogP) is 15.3. The minimum Gasteiger partial charge on any atom is -0.460 e. The fourth-order valence-corrected chi connectivity index (χ4v) is 10.3. The first-order chi connectivity index (χ1) is 30.2. The first kappa shape index (κ1) is 35.7. The van der Waals surface area contributed by atoms with Gasteiger partial charge in [0.05, 0.1) is 11.4 Å². The second kappa shape index (κ2) is 14.8. The number of furan rings is 1. The van der Waals surface area contributed by atoms with Crippen LogP contribution in [0, 0.1) is 0 Å². The number of benzene rings is 5. The molecule has 294 valence electrons. The topological polar surface area (TPSA) is 32.5 Å². The number of hydrogen-bond acceptors (Lipinski definition) is 4. The third-order valence-electron chi connectivity index (χ3n) is 13.3. The zero-order valence-corrected chi connectivity index (χ0v) is 34.0. The number of fused-ring (bicyclic) bond motifs is 7. The number of allylic oxidation sites excluding steroid dienone is 13. The van der Waals surface area contributed by atoms with Crippen LogP contribution in [0.2, 0.25) is 0 Å². The number of aromatic nitrogens is 1. The van der Waals surface area contributed by atoms with Gasteiger partial charge >= 0.3 is 0 Å². The highest BCUT2D eigenvalue weighted by Gasteiger charge is 2.36. The monoisotopic (exact) mass is 787 g/mol. The number of pyridine rings is 1. The van der Waals surface area contributed by atoms with Crippen molar-refractivity contribution in [2.75, 3.05) is 9.80 Å². The van der Waals surface area contributed by atoms with Crippen molar-refractivity contribution < 1.29 is 4.42 Å². The Morgan fingerprint density at radius 3 is 2.44 bits per heavy atom. The molecule has 5 aliphatic rings. The molecule has 12 rings (SSSR count). The van der Waals surface area contributed by atoms with E-state index >= 15 is 0 Å². The van der Waals surface area contributed by atoms with Crippen LogP contribution in [0.25, 0.3) is 39.0 Å². The van der Waals surface area contributed by atoms with Crippen LogP contribution < -0.4 is 9.80 Å². The molecule has 5 aromatic carbocycles. The Morgan fingerprint density at radius 2 is 1.51 bits per heavy atom. The molecule has 4 heteroatoms. The Morgan fingerprint density at radius 1 is 0.656 bits per heavy atom. The molecule has 0 fully saturated rings. The molecule has 0 saturated heterocycles. The normalized spacial score (nSPS) is 18.8. The summed E-state index contributed by atoms with van der Waals surface area (Å²) in [6.07, 6.45) is 34.9. The van der Waals surface area contributed by atoms with Crippen molar-refractivity contribution in [2.24, 2.45) is 0 Å². The van der Waals surface area contributed by atoms with E-state index in [4.69, 9.17) is 4.42 Å². The van der Waals surface area contributed by atoms with Crippen LogP contribution in [0.3, 0.4) is 0 Å². The number of hydrogen-bond donors (Lipinski definition) is 0. The Balaban J connectivity index is 0.890. The summed E-state index contributed by atoms with van der Waals surface area (Å²) in [6, 6.07) is 40.9. The van der Waals surface area contributed by atoms with Gasteiger partial charge in [-0.1, -0.05) is 109 Å². The average Bonchev–Trinajstić information content (AvgIpc) is 3.87. The van der Waals surface area contributed by atoms with Crippen molar-refractivity contribution in [3.05, 3.63) is 222 Å². The highest BCUT2D eigenvalue weighted by molar-refractivity contribution is 5.99. The summed E-state index contributed by atoms with van der Waals surface area (Å²) in [4.78, 5) is 9.33. The van der Waals surface area contributed by atoms with Gasteiger partial charge in [0.1, 0.15) is 11.3 Å². The average molecular weight is 788 g/mol. The summed E-state index contributed by atoms with van der Waals surface area (Å²) >= 11 is 0. The molecule has 0 N–H and O–H groups in total. The fourth-order valence-electron chi connectivity index (χ4n) is 10.3. The summed E-state index contributed by atoms with van der Waals surface area (Å²) in [7, 11) is 0. The van der Waals surface area contributed by atoms with E-state index in [2.05, 4.69) is 191 Å². The zero-order valence-electron chi connectivity index (χ0n) is 34.0. The van der Waals surface area contributed by atoms with E-state index in [1.807, 2.05) is 12.4 Å². The summed E-state index contributed by atoms with van der Waals surface area (Å²) in [5.41, 5.74) is 17.3. The summed E-state index contributed by atoms with van der Waals surface area (Å²) in [5, 5.41) is 3.55. The Labute approximate surface area is 357 Å². The second-order valence-corrected chi connectivity index (χ2v) is 16.9. The molecule has 0 spiro atoms. The third kappa shape index (κ3) is 6.25. The first-order valence-electron chi connectivity index (χ1n) is 21.8. The molecule has 2 atom stereocenters. The molecule has 4 aliphatic carbocycles. The molecule has 61 heavy (non-hydrogen) atoms. The van der Waals surface area contributed by atoms with Crippen molar-refractivity contribution in [3.63, 3.8) is 0 Å². The van der Waals surface area contributed by atoms with Gasteiger partial charge in [0.25, 0.3) is 0 Å². The highest BCUT2D eigenvalue weighted by atomic mass is 16.3. The van der Waals surface area contributed by atoms with Gasteiger partial charge in [-0.2, -0.15) is 0 Å². The highest BCUT2D eigenvalue weighted by Crippen LogP contribution is 2.53. The lowest BCUT2D eigenvalue weighted by atomic mass is 9.84. The Hall–Kier alpha value is -7.17. The molecule has 0 bridgehead atoms. The van der Waals surface area contributed by atoms with Crippen LogP contribution in [-0.4, -0.2) is 4.98 Å². The lowest BCUT2D eigenvalue weighted by Crippen LogP contribution is -2.15. The molecular weight excluding hydrogens is 743 g/mol. The molecule has 0 saturated carbocycles. The summed E-state index contributed by atoms with van der Waals surface area (Å²) in [5.74, 6) is 1.66. The number of anilines is 5. The predicted molar refractivity (Wildman–Crippen MR) is 254 cm³/mol. The Bertz CT molecular complexity index is 3110. The SMILES string of the molecule is C1=CCCC(c2ccc(N(c3cccc(C4C=CC=C(c5ccc6c(c5)N(c5cccc7cnccc57)C5=CC=CCC56)C4)c3)c3ccc4c5c(oc4c3)CCC=C5)cc2)=C1. The molecule has 7 aromatic rings. The zero-order chi connectivity index (χ0) is 40.3. The van der Waals surface area contributed by atoms with Gasteiger partial charge in [0, 0.05) is 81.2 Å². The van der Waals surface area contributed by atoms with E-state index in [9.17, 15) is 0 Å². The minimum atomic E-state index is 0.228. The van der Waals surface area contributed by atoms with Crippen LogP contribution in [0.5, 0.6) is 0 Å². The van der Waals surface area contributed by atoms with Crippen LogP contribution >= 0.6 is 0 Å². The first-order valence-corrected chi connectivity index (χ1v) is 21.8. The van der Waals surface area contributed by atoms with Gasteiger partial charge in [0.2, 0.25) is 0 Å². The summed E-state index contributed by atoms with van der Waals surface area (Å²) in [6.45, 7) is 0. The maximum absolute atomic E-state index is 6.51. The van der Waals surface area contributed by atoms with Gasteiger partial charge in [-0.25, -0.2) is 0 Å². The summed E-state index contributed by atoms with van der Waals surface area (Å²) < 4.78 is 6.51. The standard InChI is InChI=1S/C57H45N3O/c1-2-11-38(12-3-1)39-23-26-45(27-24-39)59(47-28-30-52-51-19-5-7-22-56(51)61-57(52)36-47)46-17-9-15-42(34-46)40-13-8-14-41(33-40)43-25-29-50-49-18-4-6-20-54(49)60(55(50)35-43)53-21-10-16-44-37-58-32-31-48(44)53/h1-2,4-6,8-11,13-17,19-21,23-32,34-37,40,49H,3,7,12,18,22,33H2. The number of nitrogens with zero attached hydrogens (tertiary/aromatic N) is 3. The van der Waals surface area contributed by atoms with E-state index in [1.54, 1.807) is 0 Å². The van der Waals surface area contributed by atoms with Crippen LogP contribution in [0.1, 0.15) is 77.5 Å². The van der Waals surface area contributed by atoms with E-state index < -0.39 is 0 Å². The van der Waals surface area contributed by atoms with Crippen molar-refractivity contribution in [3.8, 4) is 0 Å². The molecule has 2 unspecified atom stereocenters. The van der Waals surface area contributed by atoms with Gasteiger partial charge in [-0.15, -0.1) is 0 Å². The van der Waals surface area contributed by atoms with E-state index in [0.717, 1.165) is 72.3 Å². The van der Waals surface area contributed by atoms with Gasteiger partial charge in [0.15, 0.2) is 0 Å². The molecule has 3 heterocycles. The van der Waals surface area contributed by atoms with Gasteiger partial charge in [-0.05, 0) is 126 Å². The van der Waals surface area contributed by atoms with Crippen molar-refractivity contribution in [2.45, 2.75) is 50.4 Å². The van der Waals surface area contributed by atoms with Crippen molar-refractivity contribution in [1.82, 2.24) is 4.98 Å². The molecule has 0 radical (unpaired) electrons. The third-order valence-corrected chi connectivity index (χ3v) is 13.3. The van der Waals surface area contributed by atoms with Gasteiger partial charge in [-0.3, -0.25) is 4.98 Å². The van der Waals surface area contributed by atoms with E-state index in [1.165, 1.54) is 66.8 Å². The van der Waals surface area contributed by atoms with Gasteiger partial charge < -0.3 is 14.2 Å². The number of rotatable bonds is 7. The molecule has 1 aliphatic heterocycles. The van der Waals surface area contributed by atoms with Crippen LogP contribution in [0.15, 0.2) is 192 Å². The lowest BCUT2D eigenvalue weighted by molar-refractivity contribution is 0.546. The number of aryl methyl sites for hydroxylation is 1. The minimum absolute atomic E-state index is 0.228. The quantitative estimate of drug-likeness (QED) is 0.161. The van der Waals surface area contributed by atoms with Crippen LogP contribution in [0.4, 0.5) is 28.4 Å². The van der Waals surface area contributed by atoms with Crippen LogP contribution in [-0.2, 0) is 6.42 Å². The Kier molecular flexibility index (Phi) is 8.69. The maximum atomic E-state index is 6.51. The molecular formula is C57H45N3O. The van der Waals surface area contributed by atoms with E-state index in [-0.39, 0.29) is 5.92 Å². The maximum Gasteiger partial charge on any atom is 0.137 e.